The smallest absolute Gasteiger partial charge is 0.0481 e. The summed E-state index contributed by atoms with van der Waals surface area (Å²) in [4.78, 5) is 5.47. The van der Waals surface area contributed by atoms with Crippen molar-refractivity contribution in [2.45, 2.75) is 53.0 Å². The second-order valence-electron chi connectivity index (χ2n) is 6.05. The second-order valence-corrected chi connectivity index (χ2v) is 7.51. The molecule has 0 saturated carbocycles. The lowest BCUT2D eigenvalue weighted by Gasteiger charge is -2.31. The molecule has 0 bridgehead atoms. The third kappa shape index (κ3) is 2.88. The molecule has 0 radical (unpaired) electrons. The number of hydrogen-bond acceptors (Lipinski definition) is 3. The molecule has 0 aliphatic carbocycles. The van der Waals surface area contributed by atoms with Crippen LogP contribution in [-0.2, 0) is 0 Å². The van der Waals surface area contributed by atoms with Crippen molar-refractivity contribution in [2.75, 3.05) is 19.6 Å². The molecule has 0 amide bonds. The van der Waals surface area contributed by atoms with Crippen molar-refractivity contribution < 1.29 is 0 Å². The Bertz CT molecular complexity index is 420. The van der Waals surface area contributed by atoms with E-state index >= 15 is 0 Å². The number of nitrogens with zero attached hydrogens (tertiary/aromatic N) is 1. The van der Waals surface area contributed by atoms with Gasteiger partial charge in [-0.05, 0) is 56.7 Å². The average Bonchev–Trinajstić information content (AvgIpc) is 2.96. The quantitative estimate of drug-likeness (QED) is 0.887. The second kappa shape index (κ2) is 5.94. The van der Waals surface area contributed by atoms with Gasteiger partial charge < -0.3 is 5.73 Å². The summed E-state index contributed by atoms with van der Waals surface area (Å²) in [7, 11) is 0. The largest absolute Gasteiger partial charge is 0.329 e. The first kappa shape index (κ1) is 15.0. The standard InChI is InChI=1S/C16H28N2S/c1-5-16(6-2)7-8-18(11-16)15(10-17)14-9-12(3)19-13(14)4/h9,15H,5-8,10-11,17H2,1-4H3. The Balaban J connectivity index is 2.18. The van der Waals surface area contributed by atoms with Crippen molar-refractivity contribution >= 4 is 11.3 Å². The number of aryl methyl sites for hydroxylation is 2. The Morgan fingerprint density at radius 3 is 2.47 bits per heavy atom. The summed E-state index contributed by atoms with van der Waals surface area (Å²) in [6.45, 7) is 12.3. The minimum Gasteiger partial charge on any atom is -0.329 e. The van der Waals surface area contributed by atoms with E-state index in [0.29, 0.717) is 11.5 Å². The van der Waals surface area contributed by atoms with Gasteiger partial charge in [0.2, 0.25) is 0 Å². The van der Waals surface area contributed by atoms with Crippen molar-refractivity contribution in [3.8, 4) is 0 Å². The molecule has 1 aliphatic heterocycles. The number of likely N-dealkylation sites (tertiary alicyclic amines) is 1. The van der Waals surface area contributed by atoms with Crippen LogP contribution in [0.2, 0.25) is 0 Å². The summed E-state index contributed by atoms with van der Waals surface area (Å²) in [5, 5.41) is 0. The molecule has 2 N–H and O–H groups in total. The van der Waals surface area contributed by atoms with Crippen LogP contribution in [0.5, 0.6) is 0 Å². The summed E-state index contributed by atoms with van der Waals surface area (Å²) < 4.78 is 0. The van der Waals surface area contributed by atoms with Gasteiger partial charge in [-0.25, -0.2) is 0 Å². The molecule has 0 spiro atoms. The fourth-order valence-electron chi connectivity index (χ4n) is 3.52. The van der Waals surface area contributed by atoms with Gasteiger partial charge in [-0.1, -0.05) is 13.8 Å². The highest BCUT2D eigenvalue weighted by atomic mass is 32.1. The minimum atomic E-state index is 0.421. The molecule has 1 atom stereocenters. The monoisotopic (exact) mass is 280 g/mol. The van der Waals surface area contributed by atoms with Gasteiger partial charge in [-0.3, -0.25) is 4.90 Å². The highest BCUT2D eigenvalue weighted by Gasteiger charge is 2.38. The van der Waals surface area contributed by atoms with Crippen LogP contribution in [0.25, 0.3) is 0 Å². The van der Waals surface area contributed by atoms with Crippen LogP contribution in [0.15, 0.2) is 6.07 Å². The highest BCUT2D eigenvalue weighted by molar-refractivity contribution is 7.12. The summed E-state index contributed by atoms with van der Waals surface area (Å²) in [6.07, 6.45) is 3.91. The Hall–Kier alpha value is -0.380. The Morgan fingerprint density at radius 2 is 2.05 bits per heavy atom. The van der Waals surface area contributed by atoms with Crippen LogP contribution in [0.4, 0.5) is 0 Å². The van der Waals surface area contributed by atoms with E-state index in [1.807, 2.05) is 11.3 Å². The number of thiophene rings is 1. The van der Waals surface area contributed by atoms with E-state index in [0.717, 1.165) is 6.54 Å². The van der Waals surface area contributed by atoms with E-state index in [-0.39, 0.29) is 0 Å². The first-order chi connectivity index (χ1) is 9.05. The lowest BCUT2D eigenvalue weighted by Crippen LogP contribution is -2.34. The highest BCUT2D eigenvalue weighted by Crippen LogP contribution is 2.41. The van der Waals surface area contributed by atoms with E-state index in [1.54, 1.807) is 0 Å². The molecule has 1 unspecified atom stereocenters. The SMILES string of the molecule is CCC1(CC)CCN(C(CN)c2cc(C)sc2C)C1. The van der Waals surface area contributed by atoms with Crippen LogP contribution in [0.1, 0.15) is 54.5 Å². The molecule has 1 aliphatic rings. The van der Waals surface area contributed by atoms with Crippen LogP contribution < -0.4 is 5.73 Å². The van der Waals surface area contributed by atoms with Crippen LogP contribution >= 0.6 is 11.3 Å². The summed E-state index contributed by atoms with van der Waals surface area (Å²) >= 11 is 1.90. The fourth-order valence-corrected chi connectivity index (χ4v) is 4.50. The summed E-state index contributed by atoms with van der Waals surface area (Å²) in [6, 6.07) is 2.76. The molecule has 2 rings (SSSR count). The van der Waals surface area contributed by atoms with Gasteiger partial charge in [0, 0.05) is 28.9 Å². The zero-order valence-electron chi connectivity index (χ0n) is 12.8. The Labute approximate surface area is 122 Å². The predicted octanol–water partition coefficient (Wildman–Crippen LogP) is 3.88. The lowest BCUT2D eigenvalue weighted by atomic mass is 9.82. The Morgan fingerprint density at radius 1 is 1.37 bits per heavy atom. The Kier molecular flexibility index (Phi) is 4.70. The summed E-state index contributed by atoms with van der Waals surface area (Å²) in [5.41, 5.74) is 8.10. The lowest BCUT2D eigenvalue weighted by molar-refractivity contribution is 0.197. The van der Waals surface area contributed by atoms with Crippen molar-refractivity contribution in [1.82, 2.24) is 4.90 Å². The summed E-state index contributed by atoms with van der Waals surface area (Å²) in [5.74, 6) is 0. The van der Waals surface area contributed by atoms with Crippen LogP contribution in [-0.4, -0.2) is 24.5 Å². The zero-order chi connectivity index (χ0) is 14.0. The van der Waals surface area contributed by atoms with Crippen LogP contribution in [0, 0.1) is 19.3 Å². The van der Waals surface area contributed by atoms with Crippen LogP contribution in [0.3, 0.4) is 0 Å². The molecule has 3 heteroatoms. The third-order valence-corrected chi connectivity index (χ3v) is 6.05. The zero-order valence-corrected chi connectivity index (χ0v) is 13.6. The van der Waals surface area contributed by atoms with Gasteiger partial charge in [0.1, 0.15) is 0 Å². The van der Waals surface area contributed by atoms with E-state index in [4.69, 9.17) is 5.73 Å². The van der Waals surface area contributed by atoms with E-state index in [9.17, 15) is 0 Å². The minimum absolute atomic E-state index is 0.421. The third-order valence-electron chi connectivity index (χ3n) is 5.07. The molecule has 1 saturated heterocycles. The number of rotatable bonds is 5. The van der Waals surface area contributed by atoms with Gasteiger partial charge in [-0.2, -0.15) is 0 Å². The molecule has 108 valence electrons. The van der Waals surface area contributed by atoms with Gasteiger partial charge in [0.15, 0.2) is 0 Å². The maximum Gasteiger partial charge on any atom is 0.0481 e. The van der Waals surface area contributed by atoms with E-state index < -0.39 is 0 Å². The molecular formula is C16H28N2S. The molecule has 19 heavy (non-hydrogen) atoms. The van der Waals surface area contributed by atoms with Gasteiger partial charge in [0.25, 0.3) is 0 Å². The van der Waals surface area contributed by atoms with E-state index in [1.165, 1.54) is 47.7 Å². The van der Waals surface area contributed by atoms with Gasteiger partial charge in [-0.15, -0.1) is 11.3 Å². The fraction of sp³-hybridized carbons (Fsp3) is 0.750. The molecule has 2 heterocycles. The maximum absolute atomic E-state index is 6.10. The van der Waals surface area contributed by atoms with E-state index in [2.05, 4.69) is 38.7 Å². The van der Waals surface area contributed by atoms with Gasteiger partial charge in [0.05, 0.1) is 0 Å². The molecular weight excluding hydrogens is 252 g/mol. The average molecular weight is 280 g/mol. The molecule has 2 nitrogen and oxygen atoms in total. The van der Waals surface area contributed by atoms with Crippen molar-refractivity contribution in [3.63, 3.8) is 0 Å². The van der Waals surface area contributed by atoms with Gasteiger partial charge >= 0.3 is 0 Å². The number of nitrogens with two attached hydrogens (primary N) is 1. The predicted molar refractivity (Wildman–Crippen MR) is 84.8 cm³/mol. The van der Waals surface area contributed by atoms with Crippen molar-refractivity contribution in [2.24, 2.45) is 11.1 Å². The molecule has 1 fully saturated rings. The first-order valence-corrected chi connectivity index (χ1v) is 8.38. The number of hydrogen-bond donors (Lipinski definition) is 1. The van der Waals surface area contributed by atoms with Crippen molar-refractivity contribution in [3.05, 3.63) is 21.4 Å². The molecule has 1 aromatic rings. The molecule has 0 aromatic carbocycles. The molecule has 1 aromatic heterocycles. The normalized spacial score (nSPS) is 20.9. The maximum atomic E-state index is 6.10. The first-order valence-electron chi connectivity index (χ1n) is 7.56. The van der Waals surface area contributed by atoms with Crippen molar-refractivity contribution in [1.29, 1.82) is 0 Å². The topological polar surface area (TPSA) is 29.3 Å².